The summed E-state index contributed by atoms with van der Waals surface area (Å²) in [6.07, 6.45) is 0. The summed E-state index contributed by atoms with van der Waals surface area (Å²) in [4.78, 5) is 6.15. The number of aliphatic imine (C=N–C) groups is 1. The van der Waals surface area contributed by atoms with Crippen molar-refractivity contribution in [3.63, 3.8) is 0 Å². The molecule has 0 aliphatic carbocycles. The van der Waals surface area contributed by atoms with Crippen LogP contribution in [0.4, 0.5) is 0 Å². The third-order valence-corrected chi connectivity index (χ3v) is 6.76. The van der Waals surface area contributed by atoms with Crippen LogP contribution < -0.4 is 4.74 Å². The molecule has 0 N–H and O–H groups in total. The van der Waals surface area contributed by atoms with Gasteiger partial charge in [0, 0.05) is 5.39 Å². The Bertz CT molecular complexity index is 1110. The topological polar surface area (TPSA) is 47.9 Å². The van der Waals surface area contributed by atoms with Gasteiger partial charge in [-0.25, -0.2) is 9.20 Å². The second kappa shape index (κ2) is 7.64. The molecule has 4 rings (SSSR count). The average Bonchev–Trinajstić information content (AvgIpc) is 3.23. The van der Waals surface area contributed by atoms with Crippen LogP contribution in [0.25, 0.3) is 10.8 Å². The van der Waals surface area contributed by atoms with Crippen LogP contribution in [0.1, 0.15) is 26.3 Å². The molecule has 0 fully saturated rings. The molecule has 0 saturated carbocycles. The third-order valence-electron chi connectivity index (χ3n) is 5.22. The van der Waals surface area contributed by atoms with E-state index in [4.69, 9.17) is 14.5 Å². The van der Waals surface area contributed by atoms with Crippen molar-refractivity contribution in [3.05, 3.63) is 66.2 Å². The van der Waals surface area contributed by atoms with Crippen LogP contribution in [0.3, 0.4) is 0 Å². The zero-order chi connectivity index (χ0) is 20.6. The van der Waals surface area contributed by atoms with Gasteiger partial charge in [-0.05, 0) is 29.0 Å². The van der Waals surface area contributed by atoms with Crippen LogP contribution in [0, 0.1) is 5.41 Å². The van der Waals surface area contributed by atoms with Crippen LogP contribution in [-0.2, 0) is 15.5 Å². The Morgan fingerprint density at radius 1 is 1.03 bits per heavy atom. The Hall–Kier alpha value is -2.66. The van der Waals surface area contributed by atoms with Crippen LogP contribution in [0.2, 0.25) is 0 Å². The highest BCUT2D eigenvalue weighted by Gasteiger charge is 2.32. The number of fused-ring (bicyclic) bond motifs is 1. The van der Waals surface area contributed by atoms with E-state index in [1.54, 1.807) is 7.11 Å². The van der Waals surface area contributed by atoms with Crippen molar-refractivity contribution in [1.82, 2.24) is 0 Å². The van der Waals surface area contributed by atoms with E-state index < -0.39 is 10.8 Å². The molecular formula is C24H25NO3S. The number of nitrogens with zero attached hydrogens (tertiary/aromatic N) is 1. The summed E-state index contributed by atoms with van der Waals surface area (Å²) in [6.45, 7) is 6.99. The molecule has 29 heavy (non-hydrogen) atoms. The van der Waals surface area contributed by atoms with Gasteiger partial charge < -0.3 is 9.47 Å². The fourth-order valence-electron chi connectivity index (χ4n) is 3.45. The van der Waals surface area contributed by atoms with E-state index in [9.17, 15) is 4.21 Å². The molecule has 1 heterocycles. The fourth-order valence-corrected chi connectivity index (χ4v) is 4.95. The first-order chi connectivity index (χ1) is 13.9. The summed E-state index contributed by atoms with van der Waals surface area (Å²) < 4.78 is 25.3. The summed E-state index contributed by atoms with van der Waals surface area (Å²) in [5.41, 5.74) is 0.780. The van der Waals surface area contributed by atoms with E-state index in [0.717, 1.165) is 16.3 Å². The van der Waals surface area contributed by atoms with E-state index in [2.05, 4.69) is 20.8 Å². The third kappa shape index (κ3) is 3.67. The maximum absolute atomic E-state index is 13.8. The lowest BCUT2D eigenvalue weighted by molar-refractivity contribution is 0.235. The van der Waals surface area contributed by atoms with Crippen molar-refractivity contribution in [3.8, 4) is 5.75 Å². The molecule has 0 bridgehead atoms. The smallest absolute Gasteiger partial charge is 0.217 e. The largest absolute Gasteiger partial charge is 0.495 e. The molecule has 0 amide bonds. The van der Waals surface area contributed by atoms with Gasteiger partial charge in [0.2, 0.25) is 5.90 Å². The van der Waals surface area contributed by atoms with Crippen molar-refractivity contribution in [2.75, 3.05) is 13.7 Å². The summed E-state index contributed by atoms with van der Waals surface area (Å²) >= 11 is 0. The summed E-state index contributed by atoms with van der Waals surface area (Å²) in [7, 11) is 0.147. The highest BCUT2D eigenvalue weighted by Crippen LogP contribution is 2.35. The van der Waals surface area contributed by atoms with E-state index in [1.165, 1.54) is 0 Å². The Morgan fingerprint density at radius 3 is 2.48 bits per heavy atom. The maximum atomic E-state index is 13.8. The number of rotatable bonds is 4. The summed E-state index contributed by atoms with van der Waals surface area (Å²) in [6, 6.07) is 19.5. The molecule has 1 aliphatic rings. The van der Waals surface area contributed by atoms with Gasteiger partial charge in [0.1, 0.15) is 12.4 Å². The van der Waals surface area contributed by atoms with Gasteiger partial charge in [-0.2, -0.15) is 0 Å². The van der Waals surface area contributed by atoms with Crippen molar-refractivity contribution in [2.24, 2.45) is 10.4 Å². The lowest BCUT2D eigenvalue weighted by Gasteiger charge is -2.21. The zero-order valence-corrected chi connectivity index (χ0v) is 18.0. The molecule has 2 atom stereocenters. The molecule has 3 aromatic rings. The monoisotopic (exact) mass is 407 g/mol. The predicted octanol–water partition coefficient (Wildman–Crippen LogP) is 5.21. The standard InChI is InChI=1S/C24H25NO3S/c1-24(2,3)21-15-28-23(25-21)18-11-7-8-12-20(18)29(26)22-17-10-6-5-9-16(17)13-14-19(22)27-4/h5-14,21H,15H2,1-4H3/t21-,29?/m1/s1. The van der Waals surface area contributed by atoms with Gasteiger partial charge in [-0.15, -0.1) is 0 Å². The Morgan fingerprint density at radius 2 is 1.76 bits per heavy atom. The Kier molecular flexibility index (Phi) is 5.17. The Labute approximate surface area is 174 Å². The van der Waals surface area contributed by atoms with E-state index in [0.29, 0.717) is 28.0 Å². The van der Waals surface area contributed by atoms with Gasteiger partial charge >= 0.3 is 0 Å². The van der Waals surface area contributed by atoms with Crippen LogP contribution >= 0.6 is 0 Å². The molecular weight excluding hydrogens is 382 g/mol. The maximum Gasteiger partial charge on any atom is 0.217 e. The van der Waals surface area contributed by atoms with Gasteiger partial charge in [0.05, 0.1) is 39.3 Å². The van der Waals surface area contributed by atoms with Crippen LogP contribution in [0.5, 0.6) is 5.75 Å². The molecule has 0 spiro atoms. The first-order valence-electron chi connectivity index (χ1n) is 9.67. The predicted molar refractivity (Wildman–Crippen MR) is 117 cm³/mol. The molecule has 0 radical (unpaired) electrons. The quantitative estimate of drug-likeness (QED) is 0.597. The second-order valence-corrected chi connectivity index (χ2v) is 9.60. The number of methoxy groups -OCH3 is 1. The van der Waals surface area contributed by atoms with Crippen molar-refractivity contribution < 1.29 is 13.7 Å². The molecule has 1 unspecified atom stereocenters. The molecule has 0 saturated heterocycles. The summed E-state index contributed by atoms with van der Waals surface area (Å²) in [5.74, 6) is 1.17. The van der Waals surface area contributed by atoms with Gasteiger partial charge in [0.25, 0.3) is 0 Å². The van der Waals surface area contributed by atoms with Gasteiger partial charge in [-0.1, -0.05) is 63.2 Å². The number of hydrogen-bond donors (Lipinski definition) is 0. The molecule has 150 valence electrons. The molecule has 0 aromatic heterocycles. The lowest BCUT2D eigenvalue weighted by Crippen LogP contribution is -2.25. The van der Waals surface area contributed by atoms with Gasteiger partial charge in [0.15, 0.2) is 0 Å². The average molecular weight is 408 g/mol. The van der Waals surface area contributed by atoms with E-state index in [-0.39, 0.29) is 11.5 Å². The summed E-state index contributed by atoms with van der Waals surface area (Å²) in [5, 5.41) is 1.94. The first kappa shape index (κ1) is 19.6. The normalized spacial score (nSPS) is 17.7. The van der Waals surface area contributed by atoms with Gasteiger partial charge in [-0.3, -0.25) is 0 Å². The first-order valence-corrected chi connectivity index (χ1v) is 10.8. The highest BCUT2D eigenvalue weighted by molar-refractivity contribution is 7.85. The molecule has 1 aliphatic heterocycles. The van der Waals surface area contributed by atoms with E-state index in [1.807, 2.05) is 60.7 Å². The number of ether oxygens (including phenoxy) is 2. The minimum absolute atomic E-state index is 0.00863. The van der Waals surface area contributed by atoms with Crippen LogP contribution in [0.15, 0.2) is 75.4 Å². The molecule has 5 heteroatoms. The molecule has 4 nitrogen and oxygen atoms in total. The minimum atomic E-state index is -1.46. The number of benzene rings is 3. The van der Waals surface area contributed by atoms with Crippen LogP contribution in [-0.4, -0.2) is 29.9 Å². The van der Waals surface area contributed by atoms with E-state index >= 15 is 0 Å². The SMILES string of the molecule is COc1ccc2ccccc2c1S(=O)c1ccccc1C1=N[C@@H](C(C)(C)C)CO1. The minimum Gasteiger partial charge on any atom is -0.495 e. The fraction of sp³-hybridized carbons (Fsp3) is 0.292. The number of hydrogen-bond acceptors (Lipinski definition) is 4. The van der Waals surface area contributed by atoms with Crippen molar-refractivity contribution in [2.45, 2.75) is 36.6 Å². The van der Waals surface area contributed by atoms with Crippen molar-refractivity contribution in [1.29, 1.82) is 0 Å². The second-order valence-electron chi connectivity index (χ2n) is 8.21. The zero-order valence-electron chi connectivity index (χ0n) is 17.1. The van der Waals surface area contributed by atoms with Crippen molar-refractivity contribution >= 4 is 27.5 Å². The Balaban J connectivity index is 1.84. The highest BCUT2D eigenvalue weighted by atomic mass is 32.2. The molecule has 3 aromatic carbocycles. The lowest BCUT2D eigenvalue weighted by atomic mass is 9.88.